The van der Waals surface area contributed by atoms with Crippen molar-refractivity contribution in [2.75, 3.05) is 0 Å². The molecule has 1 aromatic carbocycles. The zero-order chi connectivity index (χ0) is 14.1. The lowest BCUT2D eigenvalue weighted by Crippen LogP contribution is -2.00. The number of benzene rings is 1. The van der Waals surface area contributed by atoms with E-state index in [1.165, 1.54) is 25.7 Å². The van der Waals surface area contributed by atoms with Gasteiger partial charge in [0.1, 0.15) is 16.5 Å². The van der Waals surface area contributed by atoms with Crippen LogP contribution in [0.1, 0.15) is 62.7 Å². The summed E-state index contributed by atoms with van der Waals surface area (Å²) in [6.45, 7) is 2.18. The topological polar surface area (TPSA) is 54.4 Å². The van der Waals surface area contributed by atoms with Crippen LogP contribution >= 0.6 is 0 Å². The Balaban J connectivity index is 2.43. The molecule has 0 aliphatic carbocycles. The molecule has 108 valence electrons. The van der Waals surface area contributed by atoms with Gasteiger partial charge < -0.3 is 5.11 Å². The number of rotatable bonds is 9. The van der Waals surface area contributed by atoms with Crippen LogP contribution in [0.2, 0.25) is 0 Å². The molecule has 0 radical (unpaired) electrons. The average molecular weight is 284 g/mol. The van der Waals surface area contributed by atoms with Crippen molar-refractivity contribution in [3.05, 3.63) is 29.8 Å². The van der Waals surface area contributed by atoms with Crippen LogP contribution in [-0.4, -0.2) is 13.5 Å². The number of unbranched alkanes of at least 4 members (excludes halogenated alkanes) is 5. The predicted molar refractivity (Wildman–Crippen MR) is 79.2 cm³/mol. The molecule has 0 spiro atoms. The Morgan fingerprint density at radius 1 is 1.00 bits per heavy atom. The SMILES string of the molecule is CCCCCCCCC(c1ccc(O)cc1)[SH](=O)=O. The number of hydrogen-bond donors (Lipinski definition) is 2. The minimum absolute atomic E-state index is 0.170. The van der Waals surface area contributed by atoms with Crippen LogP contribution in [0.5, 0.6) is 5.75 Å². The Labute approximate surface area is 117 Å². The highest BCUT2D eigenvalue weighted by atomic mass is 32.2. The van der Waals surface area contributed by atoms with E-state index in [0.29, 0.717) is 6.42 Å². The van der Waals surface area contributed by atoms with Crippen molar-refractivity contribution in [3.8, 4) is 5.75 Å². The highest BCUT2D eigenvalue weighted by Gasteiger charge is 2.13. The molecule has 0 aromatic heterocycles. The number of hydrogen-bond acceptors (Lipinski definition) is 3. The Bertz CT molecular complexity index is 416. The third-order valence-electron chi connectivity index (χ3n) is 3.36. The van der Waals surface area contributed by atoms with E-state index in [4.69, 9.17) is 0 Å². The molecule has 0 saturated carbocycles. The Morgan fingerprint density at radius 2 is 1.58 bits per heavy atom. The highest BCUT2D eigenvalue weighted by Crippen LogP contribution is 2.25. The van der Waals surface area contributed by atoms with Gasteiger partial charge in [0.2, 0.25) is 0 Å². The van der Waals surface area contributed by atoms with Gasteiger partial charge in [-0.25, -0.2) is 8.42 Å². The largest absolute Gasteiger partial charge is 0.508 e. The van der Waals surface area contributed by atoms with E-state index in [0.717, 1.165) is 18.4 Å². The summed E-state index contributed by atoms with van der Waals surface area (Å²) in [6.07, 6.45) is 7.63. The van der Waals surface area contributed by atoms with E-state index in [-0.39, 0.29) is 5.75 Å². The quantitative estimate of drug-likeness (QED) is 0.536. The van der Waals surface area contributed by atoms with E-state index in [1.54, 1.807) is 24.3 Å². The molecular weight excluding hydrogens is 260 g/mol. The molecule has 0 bridgehead atoms. The van der Waals surface area contributed by atoms with Gasteiger partial charge in [-0.15, -0.1) is 0 Å². The average Bonchev–Trinajstić information content (AvgIpc) is 2.39. The number of aromatic hydroxyl groups is 1. The molecule has 0 aliphatic rings. The molecule has 0 fully saturated rings. The van der Waals surface area contributed by atoms with E-state index in [2.05, 4.69) is 6.92 Å². The summed E-state index contributed by atoms with van der Waals surface area (Å²) in [5.41, 5.74) is 0.780. The maximum absolute atomic E-state index is 11.3. The summed E-state index contributed by atoms with van der Waals surface area (Å²) in [5.74, 6) is 0.170. The van der Waals surface area contributed by atoms with Gasteiger partial charge in [0, 0.05) is 0 Å². The van der Waals surface area contributed by atoms with Gasteiger partial charge in [0.05, 0.1) is 5.25 Å². The van der Waals surface area contributed by atoms with Crippen molar-refractivity contribution in [2.45, 2.75) is 57.1 Å². The second-order valence-electron chi connectivity index (χ2n) is 4.95. The molecule has 0 saturated heterocycles. The summed E-state index contributed by atoms with van der Waals surface area (Å²) in [7, 11) is -2.46. The minimum Gasteiger partial charge on any atom is -0.508 e. The Morgan fingerprint density at radius 3 is 2.16 bits per heavy atom. The van der Waals surface area contributed by atoms with E-state index in [1.807, 2.05) is 0 Å². The van der Waals surface area contributed by atoms with E-state index in [9.17, 15) is 13.5 Å². The van der Waals surface area contributed by atoms with Crippen LogP contribution in [0.15, 0.2) is 24.3 Å². The standard InChI is InChI=1S/C15H24O3S/c1-2-3-4-5-6-7-8-15(19(17)18)13-9-11-14(16)12-10-13/h9-12,15-16,19H,2-8H2,1H3. The van der Waals surface area contributed by atoms with Gasteiger partial charge >= 0.3 is 0 Å². The summed E-state index contributed by atoms with van der Waals surface area (Å²) in [5, 5.41) is 8.81. The molecular formula is C15H24O3S. The van der Waals surface area contributed by atoms with Gasteiger partial charge in [-0.3, -0.25) is 0 Å². The molecule has 0 heterocycles. The van der Waals surface area contributed by atoms with Crippen molar-refractivity contribution >= 4 is 10.7 Å². The zero-order valence-electron chi connectivity index (χ0n) is 11.5. The highest BCUT2D eigenvalue weighted by molar-refractivity contribution is 7.72. The van der Waals surface area contributed by atoms with Crippen LogP contribution < -0.4 is 0 Å². The number of phenolic OH excluding ortho intramolecular Hbond substituents is 1. The Hall–Kier alpha value is -1.03. The fourth-order valence-corrected chi connectivity index (χ4v) is 3.02. The molecule has 0 aliphatic heterocycles. The molecule has 4 heteroatoms. The summed E-state index contributed by atoms with van der Waals surface area (Å²) >= 11 is 0. The lowest BCUT2D eigenvalue weighted by atomic mass is 10.0. The molecule has 3 nitrogen and oxygen atoms in total. The third-order valence-corrected chi connectivity index (χ3v) is 4.43. The first-order valence-corrected chi connectivity index (χ1v) is 8.32. The van der Waals surface area contributed by atoms with Crippen LogP contribution in [0.25, 0.3) is 0 Å². The number of thiol groups is 1. The molecule has 0 amide bonds. The fourth-order valence-electron chi connectivity index (χ4n) is 2.21. The lowest BCUT2D eigenvalue weighted by Gasteiger charge is -2.11. The first-order chi connectivity index (χ1) is 9.15. The molecule has 1 atom stereocenters. The van der Waals surface area contributed by atoms with E-state index >= 15 is 0 Å². The third kappa shape index (κ3) is 6.10. The lowest BCUT2D eigenvalue weighted by molar-refractivity contribution is 0.475. The second-order valence-corrected chi connectivity index (χ2v) is 6.14. The molecule has 1 aromatic rings. The van der Waals surface area contributed by atoms with Crippen molar-refractivity contribution in [3.63, 3.8) is 0 Å². The monoisotopic (exact) mass is 284 g/mol. The van der Waals surface area contributed by atoms with Crippen molar-refractivity contribution in [1.29, 1.82) is 0 Å². The van der Waals surface area contributed by atoms with Gasteiger partial charge in [0.15, 0.2) is 0 Å². The van der Waals surface area contributed by atoms with Crippen LogP contribution in [0, 0.1) is 0 Å². The van der Waals surface area contributed by atoms with Gasteiger partial charge in [-0.2, -0.15) is 0 Å². The minimum atomic E-state index is -2.46. The van der Waals surface area contributed by atoms with E-state index < -0.39 is 16.0 Å². The van der Waals surface area contributed by atoms with Gasteiger partial charge in [0.25, 0.3) is 0 Å². The van der Waals surface area contributed by atoms with Crippen molar-refractivity contribution in [2.24, 2.45) is 0 Å². The Kier molecular flexibility index (Phi) is 7.56. The van der Waals surface area contributed by atoms with Crippen molar-refractivity contribution < 1.29 is 13.5 Å². The molecule has 19 heavy (non-hydrogen) atoms. The molecule has 1 unspecified atom stereocenters. The molecule has 1 rings (SSSR count). The maximum Gasteiger partial charge on any atom is 0.147 e. The van der Waals surface area contributed by atoms with Gasteiger partial charge in [-0.05, 0) is 24.1 Å². The summed E-state index contributed by atoms with van der Waals surface area (Å²) in [4.78, 5) is 0. The predicted octanol–water partition coefficient (Wildman–Crippen LogP) is 3.80. The second kappa shape index (κ2) is 8.97. The molecule has 1 N–H and O–H groups in total. The number of phenols is 1. The first kappa shape index (κ1) is 16.0. The van der Waals surface area contributed by atoms with Crippen molar-refractivity contribution in [1.82, 2.24) is 0 Å². The first-order valence-electron chi connectivity index (χ1n) is 7.07. The maximum atomic E-state index is 11.3. The summed E-state index contributed by atoms with van der Waals surface area (Å²) < 4.78 is 22.7. The fraction of sp³-hybridized carbons (Fsp3) is 0.600. The summed E-state index contributed by atoms with van der Waals surface area (Å²) in [6, 6.07) is 6.48. The van der Waals surface area contributed by atoms with Crippen LogP contribution in [-0.2, 0) is 10.7 Å². The zero-order valence-corrected chi connectivity index (χ0v) is 12.4. The smallest absolute Gasteiger partial charge is 0.147 e. The van der Waals surface area contributed by atoms with Crippen LogP contribution in [0.3, 0.4) is 0 Å². The normalized spacial score (nSPS) is 12.7. The van der Waals surface area contributed by atoms with Gasteiger partial charge in [-0.1, -0.05) is 57.6 Å². The van der Waals surface area contributed by atoms with Crippen LogP contribution in [0.4, 0.5) is 0 Å².